The lowest BCUT2D eigenvalue weighted by Crippen LogP contribution is -2.45. The molecule has 0 saturated carbocycles. The number of aliphatic hydroxyl groups excluding tert-OH is 1. The molecule has 0 heterocycles. The van der Waals surface area contributed by atoms with E-state index in [2.05, 4.69) is 141 Å². The molecule has 1 amide bonds. The van der Waals surface area contributed by atoms with Crippen molar-refractivity contribution in [2.24, 2.45) is 0 Å². The largest absolute Gasteiger partial charge is 0.472 e. The average molecular weight is 936 g/mol. The number of allylic oxidation sites excluding steroid dienone is 21. The van der Waals surface area contributed by atoms with Crippen LogP contribution in [0.25, 0.3) is 0 Å². The lowest BCUT2D eigenvalue weighted by molar-refractivity contribution is -0.870. The summed E-state index contributed by atoms with van der Waals surface area (Å²) in [7, 11) is 1.53. The van der Waals surface area contributed by atoms with Gasteiger partial charge in [-0.3, -0.25) is 13.8 Å². The van der Waals surface area contributed by atoms with Crippen LogP contribution in [0.5, 0.6) is 0 Å². The highest BCUT2D eigenvalue weighted by Crippen LogP contribution is 2.43. The minimum absolute atomic E-state index is 0.0483. The van der Waals surface area contributed by atoms with Crippen molar-refractivity contribution in [3.05, 3.63) is 134 Å². The van der Waals surface area contributed by atoms with Crippen LogP contribution in [0.1, 0.15) is 168 Å². The van der Waals surface area contributed by atoms with Gasteiger partial charge in [-0.15, -0.1) is 0 Å². The van der Waals surface area contributed by atoms with E-state index in [-0.39, 0.29) is 19.1 Å². The minimum atomic E-state index is -4.35. The van der Waals surface area contributed by atoms with Crippen molar-refractivity contribution in [3.63, 3.8) is 0 Å². The number of rotatable bonds is 44. The number of phosphoric acid groups is 1. The topological polar surface area (TPSA) is 105 Å². The van der Waals surface area contributed by atoms with Crippen LogP contribution in [0.4, 0.5) is 0 Å². The highest BCUT2D eigenvalue weighted by molar-refractivity contribution is 7.47. The fraction of sp³-hybridized carbons (Fsp3) is 0.596. The summed E-state index contributed by atoms with van der Waals surface area (Å²) in [4.78, 5) is 23.1. The third-order valence-electron chi connectivity index (χ3n) is 10.4. The number of nitrogens with one attached hydrogen (secondary N) is 1. The molecular formula is C57H96N2O6P+. The van der Waals surface area contributed by atoms with Crippen molar-refractivity contribution < 1.29 is 32.9 Å². The zero-order valence-electron chi connectivity index (χ0n) is 42.4. The molecule has 0 fully saturated rings. The molecule has 0 aromatic heterocycles. The van der Waals surface area contributed by atoms with Gasteiger partial charge in [0.15, 0.2) is 0 Å². The zero-order chi connectivity index (χ0) is 48.5. The van der Waals surface area contributed by atoms with Crippen molar-refractivity contribution in [3.8, 4) is 0 Å². The Labute approximate surface area is 405 Å². The molecule has 0 spiro atoms. The molecular weight excluding hydrogens is 840 g/mol. The Hall–Kier alpha value is -3.36. The number of quaternary nitrogens is 1. The van der Waals surface area contributed by atoms with E-state index >= 15 is 0 Å². The first-order chi connectivity index (χ1) is 32.0. The number of carbonyl (C=O) groups is 1. The second-order valence-electron chi connectivity index (χ2n) is 17.8. The smallest absolute Gasteiger partial charge is 0.387 e. The van der Waals surface area contributed by atoms with Gasteiger partial charge in [-0.05, 0) is 96.3 Å². The number of nitrogens with zero attached hydrogens (tertiary/aromatic N) is 1. The fourth-order valence-corrected chi connectivity index (χ4v) is 7.10. The first-order valence-electron chi connectivity index (χ1n) is 25.6. The predicted molar refractivity (Wildman–Crippen MR) is 285 cm³/mol. The molecule has 66 heavy (non-hydrogen) atoms. The third kappa shape index (κ3) is 48.6. The van der Waals surface area contributed by atoms with Crippen LogP contribution in [-0.2, 0) is 18.4 Å². The lowest BCUT2D eigenvalue weighted by Gasteiger charge is -2.25. The Bertz CT molecular complexity index is 1530. The van der Waals surface area contributed by atoms with Crippen LogP contribution >= 0.6 is 7.82 Å². The molecule has 0 saturated heterocycles. The summed E-state index contributed by atoms with van der Waals surface area (Å²) in [6.45, 7) is 4.61. The number of hydrogen-bond donors (Lipinski definition) is 3. The predicted octanol–water partition coefficient (Wildman–Crippen LogP) is 15.2. The maximum absolute atomic E-state index is 12.9. The van der Waals surface area contributed by atoms with Crippen LogP contribution in [0, 0.1) is 0 Å². The molecule has 0 aromatic rings. The first-order valence-corrected chi connectivity index (χ1v) is 27.1. The quantitative estimate of drug-likeness (QED) is 0.0243. The lowest BCUT2D eigenvalue weighted by atomic mass is 10.1. The van der Waals surface area contributed by atoms with E-state index in [9.17, 15) is 19.4 Å². The van der Waals surface area contributed by atoms with Crippen LogP contribution < -0.4 is 5.32 Å². The summed E-state index contributed by atoms with van der Waals surface area (Å²) in [5, 5.41) is 13.8. The molecule has 0 radical (unpaired) electrons. The molecule has 374 valence electrons. The van der Waals surface area contributed by atoms with Gasteiger partial charge in [0.2, 0.25) is 5.91 Å². The highest BCUT2D eigenvalue weighted by Gasteiger charge is 2.27. The van der Waals surface area contributed by atoms with Crippen LogP contribution in [0.3, 0.4) is 0 Å². The van der Waals surface area contributed by atoms with E-state index in [0.717, 1.165) is 116 Å². The van der Waals surface area contributed by atoms with Gasteiger partial charge in [0.05, 0.1) is 39.9 Å². The van der Waals surface area contributed by atoms with Crippen molar-refractivity contribution in [1.29, 1.82) is 0 Å². The van der Waals surface area contributed by atoms with Gasteiger partial charge in [-0.2, -0.15) is 0 Å². The van der Waals surface area contributed by atoms with Gasteiger partial charge in [0.1, 0.15) is 13.2 Å². The van der Waals surface area contributed by atoms with E-state index in [1.54, 1.807) is 6.08 Å². The fourth-order valence-electron chi connectivity index (χ4n) is 6.36. The van der Waals surface area contributed by atoms with E-state index in [1.807, 2.05) is 27.2 Å². The van der Waals surface area contributed by atoms with Crippen LogP contribution in [0.2, 0.25) is 0 Å². The number of likely N-dealkylation sites (N-methyl/N-ethyl adjacent to an activating group) is 1. The zero-order valence-corrected chi connectivity index (χ0v) is 43.3. The summed E-state index contributed by atoms with van der Waals surface area (Å²) in [5.41, 5.74) is 0. The number of amides is 1. The van der Waals surface area contributed by atoms with Crippen molar-refractivity contribution in [2.45, 2.75) is 180 Å². The SMILES string of the molecule is CC/C=C\C/C=C\C/C=C\C/C=C\C/C=C\C/C=C\C/C=C\C/C=C\C/C=C\C/C=C\CCCCCCC(=O)NC(COP(=O)(O)OCC[N+](C)(C)C)C(O)/C=C/CCCCCCCCC. The molecule has 3 atom stereocenters. The van der Waals surface area contributed by atoms with Gasteiger partial charge in [0.25, 0.3) is 0 Å². The van der Waals surface area contributed by atoms with Gasteiger partial charge in [-0.1, -0.05) is 199 Å². The van der Waals surface area contributed by atoms with Crippen molar-refractivity contribution in [1.82, 2.24) is 5.32 Å². The van der Waals surface area contributed by atoms with E-state index < -0.39 is 20.0 Å². The van der Waals surface area contributed by atoms with Gasteiger partial charge in [-0.25, -0.2) is 4.57 Å². The van der Waals surface area contributed by atoms with E-state index in [0.29, 0.717) is 17.4 Å². The molecule has 9 heteroatoms. The second-order valence-corrected chi connectivity index (χ2v) is 19.3. The first kappa shape index (κ1) is 62.6. The molecule has 0 aromatic carbocycles. The van der Waals surface area contributed by atoms with Crippen molar-refractivity contribution in [2.75, 3.05) is 40.9 Å². The molecule has 0 bridgehead atoms. The standard InChI is InChI=1S/C57H95N2O6P/c1-6-8-10-12-14-16-17-18-19-20-21-22-23-24-25-26-27-28-29-30-31-32-33-34-35-36-37-38-39-40-41-43-45-47-49-51-57(61)58-55(54-65-66(62,63)64-53-52-59(3,4)5)56(60)50-48-46-44-42-15-13-11-9-7-2/h8,10,14,16,18-19,21-22,24-25,27-28,30-31,33-34,36-37,39-40,48,50,55-56,60H,6-7,9,11-13,15,17,20,23,26,29,32,35,38,41-47,49,51-54H2,1-5H3,(H-,58,61,62,63)/p+1/b10-8-,16-14-,19-18-,22-21-,25-24-,28-27-,31-30-,34-33-,37-36-,40-39-,50-48+. The van der Waals surface area contributed by atoms with E-state index in [4.69, 9.17) is 9.05 Å². The Balaban J connectivity index is 4.21. The average Bonchev–Trinajstić information content (AvgIpc) is 3.28. The number of aliphatic hydroxyl groups is 1. The van der Waals surface area contributed by atoms with Gasteiger partial charge in [0, 0.05) is 6.42 Å². The monoisotopic (exact) mass is 936 g/mol. The maximum atomic E-state index is 12.9. The number of hydrogen-bond acceptors (Lipinski definition) is 5. The Kier molecular flexibility index (Phi) is 44.4. The Morgan fingerprint density at radius 3 is 1.33 bits per heavy atom. The molecule has 0 aliphatic rings. The second kappa shape index (κ2) is 46.7. The summed E-state index contributed by atoms with van der Waals surface area (Å²) >= 11 is 0. The molecule has 3 N–H and O–H groups in total. The Morgan fingerprint density at radius 2 is 0.909 bits per heavy atom. The molecule has 3 unspecified atom stereocenters. The number of carbonyl (C=O) groups excluding carboxylic acids is 1. The van der Waals surface area contributed by atoms with Gasteiger partial charge >= 0.3 is 7.82 Å². The normalized spacial score (nSPS) is 15.2. The van der Waals surface area contributed by atoms with Crippen LogP contribution in [-0.4, -0.2) is 73.4 Å². The minimum Gasteiger partial charge on any atom is -0.387 e. The summed E-state index contributed by atoms with van der Waals surface area (Å²) in [5.74, 6) is -0.211. The summed E-state index contributed by atoms with van der Waals surface area (Å²) in [6, 6.07) is -0.868. The van der Waals surface area contributed by atoms with E-state index in [1.165, 1.54) is 32.1 Å². The molecule has 0 rings (SSSR count). The number of phosphoric ester groups is 1. The third-order valence-corrected chi connectivity index (χ3v) is 11.4. The summed E-state index contributed by atoms with van der Waals surface area (Å²) in [6.07, 6.45) is 71.2. The van der Waals surface area contributed by atoms with Crippen LogP contribution in [0.15, 0.2) is 134 Å². The van der Waals surface area contributed by atoms with Gasteiger partial charge < -0.3 is 19.8 Å². The Morgan fingerprint density at radius 1 is 0.530 bits per heavy atom. The molecule has 0 aliphatic heterocycles. The number of unbranched alkanes of at least 4 members (excludes halogenated alkanes) is 11. The maximum Gasteiger partial charge on any atom is 0.472 e. The van der Waals surface area contributed by atoms with Crippen molar-refractivity contribution >= 4 is 13.7 Å². The highest BCUT2D eigenvalue weighted by atomic mass is 31.2. The molecule has 8 nitrogen and oxygen atoms in total. The summed E-state index contributed by atoms with van der Waals surface area (Å²) < 4.78 is 23.5. The molecule has 0 aliphatic carbocycles.